The van der Waals surface area contributed by atoms with Gasteiger partial charge in [-0.3, -0.25) is 4.79 Å². The fourth-order valence-electron chi connectivity index (χ4n) is 2.40. The summed E-state index contributed by atoms with van der Waals surface area (Å²) in [5.74, 6) is 1.06. The van der Waals surface area contributed by atoms with Crippen molar-refractivity contribution >= 4 is 17.3 Å². The molecule has 0 aliphatic rings. The third-order valence-electron chi connectivity index (χ3n) is 3.72. The number of carbonyl (C=O) groups excluding carboxylic acids is 1. The minimum atomic E-state index is -0.0754. The number of hydrogen-bond donors (Lipinski definition) is 2. The lowest BCUT2D eigenvalue weighted by Crippen LogP contribution is -2.22. The fraction of sp³-hybridized carbons (Fsp3) is 0.350. The lowest BCUT2D eigenvalue weighted by atomic mass is 10.0. The highest BCUT2D eigenvalue weighted by Gasteiger charge is 2.09. The van der Waals surface area contributed by atoms with E-state index in [1.807, 2.05) is 48.5 Å². The summed E-state index contributed by atoms with van der Waals surface area (Å²) in [4.78, 5) is 12.2. The molecule has 0 fully saturated rings. The number of methoxy groups -OCH3 is 1. The molecule has 0 radical (unpaired) electrons. The molecule has 1 amide bonds. The van der Waals surface area contributed by atoms with Crippen LogP contribution in [0.1, 0.15) is 25.3 Å². The van der Waals surface area contributed by atoms with Gasteiger partial charge in [0.05, 0.1) is 13.2 Å². The highest BCUT2D eigenvalue weighted by Crippen LogP contribution is 2.23. The molecule has 0 atom stereocenters. The van der Waals surface area contributed by atoms with Gasteiger partial charge in [0.25, 0.3) is 0 Å². The van der Waals surface area contributed by atoms with E-state index in [0.717, 1.165) is 22.7 Å². The summed E-state index contributed by atoms with van der Waals surface area (Å²) in [5, 5.41) is 6.08. The second-order valence-electron chi connectivity index (χ2n) is 6.01. The molecule has 5 nitrogen and oxygen atoms in total. The van der Waals surface area contributed by atoms with Crippen molar-refractivity contribution in [1.82, 2.24) is 0 Å². The van der Waals surface area contributed by atoms with Crippen molar-refractivity contribution < 1.29 is 14.3 Å². The topological polar surface area (TPSA) is 59.6 Å². The van der Waals surface area contributed by atoms with Gasteiger partial charge in [0.1, 0.15) is 12.4 Å². The van der Waals surface area contributed by atoms with Crippen LogP contribution in [0, 0.1) is 0 Å². The predicted molar refractivity (Wildman–Crippen MR) is 101 cm³/mol. The number of anilines is 2. The van der Waals surface area contributed by atoms with Gasteiger partial charge < -0.3 is 20.1 Å². The normalized spacial score (nSPS) is 10.6. The van der Waals surface area contributed by atoms with Gasteiger partial charge in [-0.25, -0.2) is 0 Å². The molecule has 0 saturated carbocycles. The Morgan fingerprint density at radius 2 is 1.76 bits per heavy atom. The molecule has 0 heterocycles. The van der Waals surface area contributed by atoms with Gasteiger partial charge in [-0.2, -0.15) is 0 Å². The Labute approximate surface area is 149 Å². The van der Waals surface area contributed by atoms with Crippen molar-refractivity contribution in [3.05, 3.63) is 54.1 Å². The number of para-hydroxylation sites is 1. The average molecular weight is 342 g/mol. The second kappa shape index (κ2) is 9.69. The summed E-state index contributed by atoms with van der Waals surface area (Å²) in [7, 11) is 1.64. The Balaban J connectivity index is 1.84. The minimum Gasteiger partial charge on any atom is -0.491 e. The molecule has 2 aromatic carbocycles. The van der Waals surface area contributed by atoms with E-state index in [-0.39, 0.29) is 12.5 Å². The van der Waals surface area contributed by atoms with Crippen LogP contribution in [0.15, 0.2) is 48.5 Å². The summed E-state index contributed by atoms with van der Waals surface area (Å²) >= 11 is 0. The largest absolute Gasteiger partial charge is 0.491 e. The molecule has 0 unspecified atom stereocenters. The van der Waals surface area contributed by atoms with Crippen molar-refractivity contribution in [2.75, 3.05) is 37.5 Å². The third-order valence-corrected chi connectivity index (χ3v) is 3.72. The second-order valence-corrected chi connectivity index (χ2v) is 6.01. The molecular formula is C20H26N2O3. The van der Waals surface area contributed by atoms with Crippen LogP contribution < -0.4 is 15.4 Å². The van der Waals surface area contributed by atoms with Crippen molar-refractivity contribution in [2.24, 2.45) is 0 Å². The summed E-state index contributed by atoms with van der Waals surface area (Å²) < 4.78 is 10.5. The molecular weight excluding hydrogens is 316 g/mol. The van der Waals surface area contributed by atoms with Crippen molar-refractivity contribution in [3.63, 3.8) is 0 Å². The van der Waals surface area contributed by atoms with E-state index in [1.165, 1.54) is 0 Å². The maximum atomic E-state index is 12.2. The van der Waals surface area contributed by atoms with Gasteiger partial charge in [0.2, 0.25) is 5.91 Å². The zero-order valence-corrected chi connectivity index (χ0v) is 15.0. The summed E-state index contributed by atoms with van der Waals surface area (Å²) in [6.45, 7) is 5.49. The molecule has 0 bridgehead atoms. The zero-order chi connectivity index (χ0) is 18.1. The van der Waals surface area contributed by atoms with Crippen LogP contribution in [-0.2, 0) is 9.53 Å². The molecule has 0 aromatic heterocycles. The number of hydrogen-bond acceptors (Lipinski definition) is 4. The van der Waals surface area contributed by atoms with Crippen LogP contribution in [-0.4, -0.2) is 32.8 Å². The summed E-state index contributed by atoms with van der Waals surface area (Å²) in [6, 6.07) is 15.4. The fourth-order valence-corrected chi connectivity index (χ4v) is 2.40. The highest BCUT2D eigenvalue weighted by atomic mass is 16.5. The van der Waals surface area contributed by atoms with Gasteiger partial charge in [0, 0.05) is 18.5 Å². The Morgan fingerprint density at radius 3 is 2.44 bits per heavy atom. The van der Waals surface area contributed by atoms with E-state index in [9.17, 15) is 4.79 Å². The average Bonchev–Trinajstić information content (AvgIpc) is 2.61. The maximum Gasteiger partial charge on any atom is 0.243 e. The van der Waals surface area contributed by atoms with Crippen LogP contribution >= 0.6 is 0 Å². The Bertz CT molecular complexity index is 669. The van der Waals surface area contributed by atoms with Crippen molar-refractivity contribution in [2.45, 2.75) is 19.8 Å². The van der Waals surface area contributed by atoms with Gasteiger partial charge in [-0.15, -0.1) is 0 Å². The Hall–Kier alpha value is -2.53. The van der Waals surface area contributed by atoms with Crippen LogP contribution in [0.4, 0.5) is 11.4 Å². The molecule has 2 rings (SSSR count). The molecule has 0 saturated heterocycles. The molecule has 5 heteroatoms. The number of rotatable bonds is 9. The lowest BCUT2D eigenvalue weighted by molar-refractivity contribution is -0.114. The van der Waals surface area contributed by atoms with E-state index in [2.05, 4.69) is 24.5 Å². The van der Waals surface area contributed by atoms with Crippen LogP contribution in [0.25, 0.3) is 0 Å². The van der Waals surface area contributed by atoms with E-state index >= 15 is 0 Å². The quantitative estimate of drug-likeness (QED) is 0.679. The SMILES string of the molecule is COCCOc1ccc(NCC(=O)Nc2ccccc2C(C)C)cc1. The number of carbonyl (C=O) groups is 1. The molecule has 2 N–H and O–H groups in total. The molecule has 0 spiro atoms. The molecule has 2 aromatic rings. The van der Waals surface area contributed by atoms with Crippen molar-refractivity contribution in [1.29, 1.82) is 0 Å². The van der Waals surface area contributed by atoms with Gasteiger partial charge in [-0.1, -0.05) is 32.0 Å². The van der Waals surface area contributed by atoms with Crippen LogP contribution in [0.2, 0.25) is 0 Å². The lowest BCUT2D eigenvalue weighted by Gasteiger charge is -2.14. The summed E-state index contributed by atoms with van der Waals surface area (Å²) in [6.07, 6.45) is 0. The smallest absolute Gasteiger partial charge is 0.243 e. The summed E-state index contributed by atoms with van der Waals surface area (Å²) in [5.41, 5.74) is 2.87. The first-order chi connectivity index (χ1) is 12.1. The molecule has 134 valence electrons. The van der Waals surface area contributed by atoms with E-state index in [0.29, 0.717) is 19.1 Å². The standard InChI is InChI=1S/C20H26N2O3/c1-15(2)18-6-4-5-7-19(18)22-20(23)14-21-16-8-10-17(11-9-16)25-13-12-24-3/h4-11,15,21H,12-14H2,1-3H3,(H,22,23). The number of ether oxygens (including phenoxy) is 2. The predicted octanol–water partition coefficient (Wildman–Crippen LogP) is 3.89. The number of amides is 1. The molecule has 0 aliphatic carbocycles. The van der Waals surface area contributed by atoms with Gasteiger partial charge in [-0.05, 0) is 41.8 Å². The van der Waals surface area contributed by atoms with Gasteiger partial charge in [0.15, 0.2) is 0 Å². The maximum absolute atomic E-state index is 12.2. The first-order valence-electron chi connectivity index (χ1n) is 8.44. The van der Waals surface area contributed by atoms with Crippen LogP contribution in [0.3, 0.4) is 0 Å². The third kappa shape index (κ3) is 6.12. The number of benzene rings is 2. The monoisotopic (exact) mass is 342 g/mol. The number of nitrogens with one attached hydrogen (secondary N) is 2. The van der Waals surface area contributed by atoms with E-state index in [4.69, 9.17) is 9.47 Å². The minimum absolute atomic E-state index is 0.0754. The Kier molecular flexibility index (Phi) is 7.29. The Morgan fingerprint density at radius 1 is 1.04 bits per heavy atom. The zero-order valence-electron chi connectivity index (χ0n) is 15.0. The van der Waals surface area contributed by atoms with E-state index < -0.39 is 0 Å². The van der Waals surface area contributed by atoms with Crippen LogP contribution in [0.5, 0.6) is 5.75 Å². The molecule has 25 heavy (non-hydrogen) atoms. The van der Waals surface area contributed by atoms with Crippen molar-refractivity contribution in [3.8, 4) is 5.75 Å². The van der Waals surface area contributed by atoms with E-state index in [1.54, 1.807) is 7.11 Å². The highest BCUT2D eigenvalue weighted by molar-refractivity contribution is 5.94. The van der Waals surface area contributed by atoms with Gasteiger partial charge >= 0.3 is 0 Å². The first kappa shape index (κ1) is 18.8. The first-order valence-corrected chi connectivity index (χ1v) is 8.44. The molecule has 0 aliphatic heterocycles.